The maximum Gasteiger partial charge on any atom is 0.213 e. The largest absolute Gasteiger partial charge is 0.313 e. The fraction of sp³-hybridized carbons (Fsp3) is 1.00. The molecule has 0 saturated carbocycles. The van der Waals surface area contributed by atoms with Gasteiger partial charge < -0.3 is 5.32 Å². The molecule has 0 aromatic rings. The summed E-state index contributed by atoms with van der Waals surface area (Å²) in [5.41, 5.74) is 0. The average Bonchev–Trinajstić information content (AvgIpc) is 1.94. The monoisotopic (exact) mass is 192 g/mol. The summed E-state index contributed by atoms with van der Waals surface area (Å²) in [6.45, 7) is 3.45. The Kier molecular flexibility index (Phi) is 3.49. The lowest BCUT2D eigenvalue weighted by Crippen LogP contribution is -2.49. The number of rotatable bonds is 5. The van der Waals surface area contributed by atoms with Gasteiger partial charge in [0.2, 0.25) is 10.0 Å². The van der Waals surface area contributed by atoms with E-state index in [0.29, 0.717) is 6.54 Å². The van der Waals surface area contributed by atoms with Crippen molar-refractivity contribution in [3.8, 4) is 0 Å². The van der Waals surface area contributed by atoms with Crippen LogP contribution in [0.5, 0.6) is 0 Å². The molecular formula is C7H16N2O2S. The van der Waals surface area contributed by atoms with Crippen LogP contribution >= 0.6 is 0 Å². The summed E-state index contributed by atoms with van der Waals surface area (Å²) >= 11 is 0. The molecule has 0 bridgehead atoms. The smallest absolute Gasteiger partial charge is 0.213 e. The van der Waals surface area contributed by atoms with Crippen molar-refractivity contribution in [3.63, 3.8) is 0 Å². The van der Waals surface area contributed by atoms with Crippen LogP contribution in [-0.2, 0) is 10.0 Å². The molecule has 5 heteroatoms. The summed E-state index contributed by atoms with van der Waals surface area (Å²) in [6.07, 6.45) is 1.82. The Bertz CT molecular complexity index is 222. The van der Waals surface area contributed by atoms with Crippen molar-refractivity contribution in [1.29, 1.82) is 0 Å². The molecule has 0 aromatic carbocycles. The van der Waals surface area contributed by atoms with Gasteiger partial charge in [-0.05, 0) is 19.4 Å². The summed E-state index contributed by atoms with van der Waals surface area (Å²) < 4.78 is 25.0. The quantitative estimate of drug-likeness (QED) is 0.627. The van der Waals surface area contributed by atoms with Gasteiger partial charge in [-0.1, -0.05) is 6.92 Å². The van der Waals surface area contributed by atoms with E-state index in [2.05, 4.69) is 10.0 Å². The van der Waals surface area contributed by atoms with Crippen LogP contribution in [0.15, 0.2) is 0 Å². The minimum Gasteiger partial charge on any atom is -0.313 e. The van der Waals surface area contributed by atoms with E-state index < -0.39 is 10.0 Å². The third-order valence-corrected chi connectivity index (χ3v) is 3.40. The first-order chi connectivity index (χ1) is 5.64. The van der Waals surface area contributed by atoms with Gasteiger partial charge in [0.05, 0.1) is 5.75 Å². The molecule has 72 valence electrons. The van der Waals surface area contributed by atoms with E-state index in [1.807, 2.05) is 6.92 Å². The van der Waals surface area contributed by atoms with E-state index in [-0.39, 0.29) is 11.8 Å². The van der Waals surface area contributed by atoms with Crippen molar-refractivity contribution in [3.05, 3.63) is 0 Å². The second-order valence-electron chi connectivity index (χ2n) is 3.12. The van der Waals surface area contributed by atoms with Gasteiger partial charge in [0.15, 0.2) is 0 Å². The zero-order valence-electron chi connectivity index (χ0n) is 7.34. The van der Waals surface area contributed by atoms with Crippen molar-refractivity contribution < 1.29 is 8.42 Å². The Morgan fingerprint density at radius 1 is 1.58 bits per heavy atom. The summed E-state index contributed by atoms with van der Waals surface area (Å²) in [4.78, 5) is 0. The molecular weight excluding hydrogens is 176 g/mol. The molecule has 1 aliphatic heterocycles. The maximum atomic E-state index is 11.2. The van der Waals surface area contributed by atoms with E-state index in [1.54, 1.807) is 0 Å². The first-order valence-electron chi connectivity index (χ1n) is 4.35. The van der Waals surface area contributed by atoms with Gasteiger partial charge in [-0.2, -0.15) is 0 Å². The van der Waals surface area contributed by atoms with Crippen molar-refractivity contribution in [1.82, 2.24) is 10.0 Å². The highest BCUT2D eigenvalue weighted by molar-refractivity contribution is 7.89. The third kappa shape index (κ3) is 3.08. The summed E-state index contributed by atoms with van der Waals surface area (Å²) in [6, 6.07) is 0.180. The molecule has 1 heterocycles. The molecule has 1 aliphatic rings. The molecule has 0 spiro atoms. The van der Waals surface area contributed by atoms with Crippen LogP contribution < -0.4 is 10.0 Å². The second kappa shape index (κ2) is 4.20. The zero-order valence-corrected chi connectivity index (χ0v) is 8.15. The van der Waals surface area contributed by atoms with Crippen molar-refractivity contribution in [2.45, 2.75) is 25.8 Å². The number of hydrogen-bond donors (Lipinski definition) is 2. The first kappa shape index (κ1) is 9.95. The van der Waals surface area contributed by atoms with Gasteiger partial charge in [0.1, 0.15) is 0 Å². The number of sulfonamides is 1. The Labute approximate surface area is 73.8 Å². The molecule has 1 atom stereocenters. The second-order valence-corrected chi connectivity index (χ2v) is 4.97. The van der Waals surface area contributed by atoms with Crippen molar-refractivity contribution >= 4 is 10.0 Å². The fourth-order valence-corrected chi connectivity index (χ4v) is 2.52. The van der Waals surface area contributed by atoms with Crippen LogP contribution in [0.1, 0.15) is 19.8 Å². The van der Waals surface area contributed by atoms with Gasteiger partial charge >= 0.3 is 0 Å². The topological polar surface area (TPSA) is 58.2 Å². The molecule has 0 amide bonds. The van der Waals surface area contributed by atoms with Crippen molar-refractivity contribution in [2.75, 3.05) is 18.8 Å². The minimum atomic E-state index is -3.02. The van der Waals surface area contributed by atoms with Gasteiger partial charge in [-0.3, -0.25) is 0 Å². The molecule has 0 aliphatic carbocycles. The summed E-state index contributed by atoms with van der Waals surface area (Å²) in [7, 11) is -3.02. The third-order valence-electron chi connectivity index (χ3n) is 1.92. The van der Waals surface area contributed by atoms with Gasteiger partial charge in [-0.15, -0.1) is 0 Å². The van der Waals surface area contributed by atoms with Crippen LogP contribution in [0.3, 0.4) is 0 Å². The maximum absolute atomic E-state index is 11.2. The Hall–Kier alpha value is -0.130. The molecule has 0 aromatic heterocycles. The minimum absolute atomic E-state index is 0.180. The summed E-state index contributed by atoms with van der Waals surface area (Å²) in [5, 5.41) is 3.06. The van der Waals surface area contributed by atoms with Gasteiger partial charge in [-0.25, -0.2) is 13.1 Å². The van der Waals surface area contributed by atoms with Crippen LogP contribution in [0.2, 0.25) is 0 Å². The highest BCUT2D eigenvalue weighted by Gasteiger charge is 2.22. The standard InChI is InChI=1S/C7H16N2O2S/c1-2-4-9-12(10,11)6-7-3-5-8-7/h7-9H,2-6H2,1H3. The molecule has 1 saturated heterocycles. The lowest BCUT2D eigenvalue weighted by Gasteiger charge is -2.27. The van der Waals surface area contributed by atoms with Crippen molar-refractivity contribution in [2.24, 2.45) is 0 Å². The van der Waals surface area contributed by atoms with Gasteiger partial charge in [0.25, 0.3) is 0 Å². The Balaban J connectivity index is 2.27. The molecule has 4 nitrogen and oxygen atoms in total. The van der Waals surface area contributed by atoms with E-state index in [4.69, 9.17) is 0 Å². The Morgan fingerprint density at radius 2 is 2.25 bits per heavy atom. The highest BCUT2D eigenvalue weighted by atomic mass is 32.2. The lowest BCUT2D eigenvalue weighted by molar-refractivity contribution is 0.397. The predicted molar refractivity (Wildman–Crippen MR) is 48.5 cm³/mol. The van der Waals surface area contributed by atoms with Crippen LogP contribution in [0.25, 0.3) is 0 Å². The Morgan fingerprint density at radius 3 is 2.67 bits per heavy atom. The van der Waals surface area contributed by atoms with Crippen LogP contribution in [0, 0.1) is 0 Å². The zero-order chi connectivity index (χ0) is 9.03. The predicted octanol–water partition coefficient (Wildman–Crippen LogP) is -0.322. The van der Waals surface area contributed by atoms with Gasteiger partial charge in [0, 0.05) is 12.6 Å². The molecule has 1 rings (SSSR count). The molecule has 12 heavy (non-hydrogen) atoms. The van der Waals surface area contributed by atoms with Crippen LogP contribution in [-0.4, -0.2) is 33.3 Å². The number of nitrogens with one attached hydrogen (secondary N) is 2. The van der Waals surface area contributed by atoms with Crippen LogP contribution in [0.4, 0.5) is 0 Å². The van der Waals surface area contributed by atoms with E-state index in [0.717, 1.165) is 19.4 Å². The first-order valence-corrected chi connectivity index (χ1v) is 6.00. The molecule has 1 fully saturated rings. The molecule has 1 unspecified atom stereocenters. The fourth-order valence-electron chi connectivity index (χ4n) is 1.07. The highest BCUT2D eigenvalue weighted by Crippen LogP contribution is 2.04. The van der Waals surface area contributed by atoms with E-state index in [9.17, 15) is 8.42 Å². The molecule has 2 N–H and O–H groups in total. The SMILES string of the molecule is CCCNS(=O)(=O)CC1CCN1. The van der Waals surface area contributed by atoms with E-state index in [1.165, 1.54) is 0 Å². The summed E-state index contributed by atoms with van der Waals surface area (Å²) in [5.74, 6) is 0.229. The lowest BCUT2D eigenvalue weighted by atomic mass is 10.1. The average molecular weight is 192 g/mol. The normalized spacial score (nSPS) is 23.6. The molecule has 0 radical (unpaired) electrons. The van der Waals surface area contributed by atoms with E-state index >= 15 is 0 Å². The number of hydrogen-bond acceptors (Lipinski definition) is 3.